The predicted molar refractivity (Wildman–Crippen MR) is 116 cm³/mol. The molecule has 2 aliphatic heterocycles. The van der Waals surface area contributed by atoms with E-state index in [1.165, 1.54) is 16.8 Å². The molecular weight excluding hydrogens is 350 g/mol. The van der Waals surface area contributed by atoms with E-state index in [9.17, 15) is 0 Å². The van der Waals surface area contributed by atoms with Gasteiger partial charge in [-0.1, -0.05) is 33.8 Å². The van der Waals surface area contributed by atoms with Crippen molar-refractivity contribution in [2.75, 3.05) is 21.2 Å². The number of ether oxygens (including phenoxy) is 1. The lowest BCUT2D eigenvalue weighted by atomic mass is 10.2. The zero-order valence-electron chi connectivity index (χ0n) is 19.3. The van der Waals surface area contributed by atoms with E-state index >= 15 is 0 Å². The van der Waals surface area contributed by atoms with Crippen molar-refractivity contribution in [2.45, 2.75) is 73.8 Å². The van der Waals surface area contributed by atoms with Gasteiger partial charge in [-0.05, 0) is 33.5 Å². The van der Waals surface area contributed by atoms with E-state index in [1.54, 1.807) is 7.11 Å². The third-order valence-electron chi connectivity index (χ3n) is 4.45. The molecule has 0 amide bonds. The lowest BCUT2D eigenvalue weighted by Crippen LogP contribution is -2.13. The second-order valence-electron chi connectivity index (χ2n) is 6.96. The molecule has 2 aromatic rings. The average molecular weight is 390 g/mol. The fourth-order valence-electron chi connectivity index (χ4n) is 3.28. The molecule has 0 aromatic carbocycles. The molecule has 0 unspecified atom stereocenters. The molecule has 0 spiro atoms. The summed E-state index contributed by atoms with van der Waals surface area (Å²) in [6.45, 7) is 16.4. The van der Waals surface area contributed by atoms with E-state index in [0.717, 1.165) is 31.9 Å². The Kier molecular flexibility index (Phi) is 10.2. The van der Waals surface area contributed by atoms with Crippen molar-refractivity contribution >= 4 is 0 Å². The third-order valence-corrected chi connectivity index (χ3v) is 4.45. The minimum absolute atomic E-state index is 0.486. The number of hydrogen-bond donors (Lipinski definition) is 0. The van der Waals surface area contributed by atoms with Gasteiger partial charge < -0.3 is 4.74 Å². The molecule has 0 saturated heterocycles. The molecule has 158 valence electrons. The first-order valence-electron chi connectivity index (χ1n) is 10.4. The maximum atomic E-state index is 5.05. The highest BCUT2D eigenvalue weighted by atomic mass is 16.5. The molecule has 28 heavy (non-hydrogen) atoms. The summed E-state index contributed by atoms with van der Waals surface area (Å²) in [5, 5.41) is 4.36. The zero-order valence-corrected chi connectivity index (χ0v) is 19.3. The lowest BCUT2D eigenvalue weighted by molar-refractivity contribution is 0.337. The molecule has 2 aliphatic rings. The number of hydrogen-bond acceptors (Lipinski definition) is 5. The number of rotatable bonds is 2. The Labute approximate surface area is 171 Å². The molecule has 0 fully saturated rings. The summed E-state index contributed by atoms with van der Waals surface area (Å²) in [6.07, 6.45) is 2.00. The molecule has 6 heteroatoms. The molecule has 0 saturated carbocycles. The lowest BCUT2D eigenvalue weighted by Gasteiger charge is -2.10. The molecule has 6 nitrogen and oxygen atoms in total. The van der Waals surface area contributed by atoms with Gasteiger partial charge in [0.05, 0.1) is 24.7 Å². The number of pyridine rings is 1. The largest absolute Gasteiger partial charge is 0.481 e. The highest BCUT2D eigenvalue weighted by Crippen LogP contribution is 2.23. The standard InChI is InChI=1S/C9H15N3.C9H12N2O.2C2H6/c1-7(2)12-9-6-11(3)5-8(9)4-10-12;1-11-5-7-3-4-9(12-2)10-8(7)6-11;2*1-2/h4,7H,5-6H2,1-3H3;3-4H,5-6H2,1-2H3;2*1-2H3. The first-order chi connectivity index (χ1) is 13.5. The number of methoxy groups -OCH3 is 1. The van der Waals surface area contributed by atoms with Crippen molar-refractivity contribution in [1.82, 2.24) is 24.6 Å². The fourth-order valence-corrected chi connectivity index (χ4v) is 3.28. The van der Waals surface area contributed by atoms with Crippen LogP contribution in [0.25, 0.3) is 0 Å². The minimum Gasteiger partial charge on any atom is -0.481 e. The van der Waals surface area contributed by atoms with Crippen molar-refractivity contribution in [1.29, 1.82) is 0 Å². The van der Waals surface area contributed by atoms with E-state index < -0.39 is 0 Å². The molecule has 0 radical (unpaired) electrons. The van der Waals surface area contributed by atoms with Gasteiger partial charge in [-0.15, -0.1) is 0 Å². The van der Waals surface area contributed by atoms with E-state index in [2.05, 4.69) is 58.6 Å². The Balaban J connectivity index is 0.000000238. The Morgan fingerprint density at radius 3 is 2.11 bits per heavy atom. The topological polar surface area (TPSA) is 46.4 Å². The number of nitrogens with zero attached hydrogens (tertiary/aromatic N) is 5. The van der Waals surface area contributed by atoms with Gasteiger partial charge in [0.1, 0.15) is 0 Å². The molecule has 2 aromatic heterocycles. The second-order valence-corrected chi connectivity index (χ2v) is 6.96. The molecule has 4 rings (SSSR count). The summed E-state index contributed by atoms with van der Waals surface area (Å²) in [7, 11) is 5.88. The summed E-state index contributed by atoms with van der Waals surface area (Å²) in [5.74, 6) is 0.712. The summed E-state index contributed by atoms with van der Waals surface area (Å²) in [5.41, 5.74) is 5.26. The fraction of sp³-hybridized carbons (Fsp3) is 0.636. The van der Waals surface area contributed by atoms with Gasteiger partial charge in [0, 0.05) is 43.9 Å². The average Bonchev–Trinajstić information content (AvgIpc) is 3.37. The normalized spacial score (nSPS) is 14.8. The van der Waals surface area contributed by atoms with Gasteiger partial charge in [-0.25, -0.2) is 4.98 Å². The first kappa shape index (κ1) is 24.1. The number of fused-ring (bicyclic) bond motifs is 2. The van der Waals surface area contributed by atoms with Crippen LogP contribution in [-0.4, -0.2) is 45.8 Å². The minimum atomic E-state index is 0.486. The molecular formula is C22H39N5O. The van der Waals surface area contributed by atoms with Crippen molar-refractivity contribution < 1.29 is 4.74 Å². The van der Waals surface area contributed by atoms with Crippen molar-refractivity contribution in [3.05, 3.63) is 40.8 Å². The number of aromatic nitrogens is 3. The van der Waals surface area contributed by atoms with Crippen molar-refractivity contribution in [2.24, 2.45) is 0 Å². The maximum Gasteiger partial charge on any atom is 0.213 e. The molecule has 0 N–H and O–H groups in total. The van der Waals surface area contributed by atoms with E-state index in [0.29, 0.717) is 11.9 Å². The van der Waals surface area contributed by atoms with Crippen LogP contribution in [0.4, 0.5) is 0 Å². The van der Waals surface area contributed by atoms with Crippen LogP contribution < -0.4 is 4.74 Å². The van der Waals surface area contributed by atoms with E-state index in [1.807, 2.05) is 40.0 Å². The smallest absolute Gasteiger partial charge is 0.213 e. The zero-order chi connectivity index (χ0) is 21.3. The van der Waals surface area contributed by atoms with Crippen LogP contribution in [0, 0.1) is 0 Å². The van der Waals surface area contributed by atoms with Gasteiger partial charge in [0.15, 0.2) is 0 Å². The summed E-state index contributed by atoms with van der Waals surface area (Å²) in [6, 6.07) is 4.49. The maximum absolute atomic E-state index is 5.05. The molecule has 0 bridgehead atoms. The Morgan fingerprint density at radius 2 is 1.50 bits per heavy atom. The van der Waals surface area contributed by atoms with Crippen LogP contribution in [0.5, 0.6) is 5.88 Å². The van der Waals surface area contributed by atoms with E-state index in [-0.39, 0.29) is 0 Å². The predicted octanol–water partition coefficient (Wildman–Crippen LogP) is 4.50. The van der Waals surface area contributed by atoms with Crippen LogP contribution in [-0.2, 0) is 26.2 Å². The summed E-state index contributed by atoms with van der Waals surface area (Å²) >= 11 is 0. The Morgan fingerprint density at radius 1 is 0.893 bits per heavy atom. The van der Waals surface area contributed by atoms with Crippen LogP contribution >= 0.6 is 0 Å². The Hall–Kier alpha value is -1.92. The second kappa shape index (κ2) is 11.8. The molecule has 4 heterocycles. The third kappa shape index (κ3) is 6.04. The monoisotopic (exact) mass is 389 g/mol. The molecule has 0 atom stereocenters. The van der Waals surface area contributed by atoms with Gasteiger partial charge in [0.25, 0.3) is 0 Å². The SMILES string of the molecule is CC.CC.CC(C)n1ncc2c1CN(C)C2.COc1ccc2c(n1)CN(C)C2. The van der Waals surface area contributed by atoms with Gasteiger partial charge >= 0.3 is 0 Å². The quantitative estimate of drug-likeness (QED) is 0.757. The van der Waals surface area contributed by atoms with E-state index in [4.69, 9.17) is 4.74 Å². The van der Waals surface area contributed by atoms with Gasteiger partial charge in [0.2, 0.25) is 5.88 Å². The molecule has 0 aliphatic carbocycles. The van der Waals surface area contributed by atoms with Gasteiger partial charge in [-0.2, -0.15) is 5.10 Å². The van der Waals surface area contributed by atoms with Crippen LogP contribution in [0.3, 0.4) is 0 Å². The highest BCUT2D eigenvalue weighted by molar-refractivity contribution is 5.28. The van der Waals surface area contributed by atoms with Crippen LogP contribution in [0.15, 0.2) is 18.3 Å². The van der Waals surface area contributed by atoms with Crippen molar-refractivity contribution in [3.63, 3.8) is 0 Å². The summed E-state index contributed by atoms with van der Waals surface area (Å²) in [4.78, 5) is 8.90. The summed E-state index contributed by atoms with van der Waals surface area (Å²) < 4.78 is 7.17. The Bertz CT molecular complexity index is 711. The van der Waals surface area contributed by atoms with Crippen LogP contribution in [0.2, 0.25) is 0 Å². The first-order valence-corrected chi connectivity index (χ1v) is 10.4. The highest BCUT2D eigenvalue weighted by Gasteiger charge is 2.21. The van der Waals surface area contributed by atoms with Crippen LogP contribution in [0.1, 0.15) is 70.1 Å². The van der Waals surface area contributed by atoms with Gasteiger partial charge in [-0.3, -0.25) is 14.5 Å². The van der Waals surface area contributed by atoms with Crippen molar-refractivity contribution in [3.8, 4) is 5.88 Å².